The lowest BCUT2D eigenvalue weighted by molar-refractivity contribution is -0.140. The van der Waals surface area contributed by atoms with E-state index < -0.39 is 11.9 Å². The second-order valence-corrected chi connectivity index (χ2v) is 7.44. The van der Waals surface area contributed by atoms with Crippen molar-refractivity contribution in [1.82, 2.24) is 0 Å². The van der Waals surface area contributed by atoms with Gasteiger partial charge in [0.15, 0.2) is 0 Å². The molecule has 1 aliphatic heterocycles. The molecule has 1 aromatic carbocycles. The number of carboxylic acid groups (broad SMARTS) is 1. The minimum absolute atomic E-state index is 0.494. The molecule has 1 aromatic rings. The molecule has 0 amide bonds. The summed E-state index contributed by atoms with van der Waals surface area (Å²) in [6.45, 7) is 13.0. The molecular formula is C24H32O3. The van der Waals surface area contributed by atoms with E-state index in [0.29, 0.717) is 6.42 Å². The fourth-order valence-electron chi connectivity index (χ4n) is 3.96. The highest BCUT2D eigenvalue weighted by Crippen LogP contribution is 2.39. The Hall–Kier alpha value is -2.29. The Labute approximate surface area is 163 Å². The van der Waals surface area contributed by atoms with Gasteiger partial charge >= 0.3 is 5.97 Å². The lowest BCUT2D eigenvalue weighted by atomic mass is 9.81. The smallest absolute Gasteiger partial charge is 0.310 e. The highest BCUT2D eigenvalue weighted by Gasteiger charge is 2.25. The predicted molar refractivity (Wildman–Crippen MR) is 112 cm³/mol. The second-order valence-electron chi connectivity index (χ2n) is 7.44. The van der Waals surface area contributed by atoms with Crippen molar-refractivity contribution in [3.63, 3.8) is 0 Å². The fraction of sp³-hybridized carbons (Fsp3) is 0.458. The molecule has 27 heavy (non-hydrogen) atoms. The number of carboxylic acids is 1. The molecule has 0 spiro atoms. The van der Waals surface area contributed by atoms with Crippen LogP contribution in [-0.4, -0.2) is 17.7 Å². The van der Waals surface area contributed by atoms with Gasteiger partial charge in [0, 0.05) is 0 Å². The van der Waals surface area contributed by atoms with Gasteiger partial charge in [0.2, 0.25) is 0 Å². The van der Waals surface area contributed by atoms with Crippen molar-refractivity contribution in [2.75, 3.05) is 6.61 Å². The number of benzene rings is 1. The van der Waals surface area contributed by atoms with E-state index in [1.807, 2.05) is 32.9 Å². The number of hydrogen-bond donors (Lipinski definition) is 1. The van der Waals surface area contributed by atoms with Crippen molar-refractivity contribution in [2.45, 2.75) is 60.8 Å². The number of aliphatic carboxylic acids is 1. The molecule has 3 nitrogen and oxygen atoms in total. The van der Waals surface area contributed by atoms with Crippen LogP contribution >= 0.6 is 0 Å². The summed E-state index contributed by atoms with van der Waals surface area (Å²) in [4.78, 5) is 11.9. The summed E-state index contributed by atoms with van der Waals surface area (Å²) in [6.07, 6.45) is 6.72. The van der Waals surface area contributed by atoms with Crippen LogP contribution in [0.15, 0.2) is 41.0 Å². The molecule has 1 unspecified atom stereocenters. The van der Waals surface area contributed by atoms with Crippen LogP contribution in [0.4, 0.5) is 0 Å². The van der Waals surface area contributed by atoms with Gasteiger partial charge in [-0.1, -0.05) is 36.3 Å². The summed E-state index contributed by atoms with van der Waals surface area (Å²) in [6, 6.07) is 4.14. The maximum absolute atomic E-state index is 11.9. The first-order valence-corrected chi connectivity index (χ1v) is 9.83. The molecule has 0 fully saturated rings. The van der Waals surface area contributed by atoms with Crippen LogP contribution in [0.25, 0.3) is 5.57 Å². The Balaban J connectivity index is 2.82. The van der Waals surface area contributed by atoms with E-state index in [-0.39, 0.29) is 0 Å². The molecule has 146 valence electrons. The Morgan fingerprint density at radius 2 is 2.00 bits per heavy atom. The van der Waals surface area contributed by atoms with Crippen molar-refractivity contribution in [1.29, 1.82) is 0 Å². The van der Waals surface area contributed by atoms with Crippen LogP contribution in [0.3, 0.4) is 0 Å². The number of fused-ring (bicyclic) bond motifs is 1. The van der Waals surface area contributed by atoms with Gasteiger partial charge in [0.05, 0.1) is 12.5 Å². The summed E-state index contributed by atoms with van der Waals surface area (Å²) in [5, 5.41) is 9.76. The topological polar surface area (TPSA) is 46.5 Å². The zero-order chi connectivity index (χ0) is 20.1. The molecule has 0 radical (unpaired) electrons. The number of rotatable bonds is 6. The lowest BCUT2D eigenvalue weighted by Crippen LogP contribution is -2.16. The zero-order valence-electron chi connectivity index (χ0n) is 17.5. The molecule has 0 saturated carbocycles. The Bertz CT molecular complexity index is 805. The van der Waals surface area contributed by atoms with Gasteiger partial charge in [0.1, 0.15) is 5.75 Å². The van der Waals surface area contributed by atoms with E-state index in [2.05, 4.69) is 32.9 Å². The van der Waals surface area contributed by atoms with Crippen molar-refractivity contribution in [2.24, 2.45) is 5.92 Å². The van der Waals surface area contributed by atoms with Crippen molar-refractivity contribution < 1.29 is 14.6 Å². The molecule has 1 heterocycles. The SMILES string of the molecule is C/C=C\C(=C(C)C)/C(=C(\C)C(CC)C(=O)O)c1ccc2c(c1C)CCCO2. The molecule has 0 aliphatic carbocycles. The highest BCUT2D eigenvalue weighted by molar-refractivity contribution is 5.90. The van der Waals surface area contributed by atoms with Crippen LogP contribution in [0.1, 0.15) is 64.2 Å². The van der Waals surface area contributed by atoms with Gasteiger partial charge in [-0.15, -0.1) is 0 Å². The molecule has 0 saturated heterocycles. The van der Waals surface area contributed by atoms with Crippen molar-refractivity contribution in [3.8, 4) is 5.75 Å². The third-order valence-electron chi connectivity index (χ3n) is 5.42. The standard InChI is InChI=1S/C24H32O3/c1-7-10-19(15(3)4)23(17(6)18(8-2)24(25)26)21-12-13-22-20(16(21)5)11-9-14-27-22/h7,10,12-13,18H,8-9,11,14H2,1-6H3,(H,25,26)/b10-7-,23-17-. The van der Waals surface area contributed by atoms with Crippen molar-refractivity contribution in [3.05, 3.63) is 57.7 Å². The second kappa shape index (κ2) is 9.07. The molecule has 0 bridgehead atoms. The predicted octanol–water partition coefficient (Wildman–Crippen LogP) is 6.12. The first kappa shape index (κ1) is 21.0. The fourth-order valence-corrected chi connectivity index (χ4v) is 3.96. The van der Waals surface area contributed by atoms with Gasteiger partial charge in [-0.2, -0.15) is 0 Å². The van der Waals surface area contributed by atoms with Gasteiger partial charge in [-0.3, -0.25) is 4.79 Å². The van der Waals surface area contributed by atoms with Crippen LogP contribution in [-0.2, 0) is 11.2 Å². The third-order valence-corrected chi connectivity index (χ3v) is 5.42. The summed E-state index contributed by atoms with van der Waals surface area (Å²) >= 11 is 0. The normalized spacial score (nSPS) is 15.6. The van der Waals surface area contributed by atoms with E-state index >= 15 is 0 Å². The zero-order valence-corrected chi connectivity index (χ0v) is 17.5. The number of ether oxygens (including phenoxy) is 1. The van der Waals surface area contributed by atoms with Gasteiger partial charge in [-0.05, 0) is 87.8 Å². The summed E-state index contributed by atoms with van der Waals surface area (Å²) < 4.78 is 5.83. The Morgan fingerprint density at radius 1 is 1.30 bits per heavy atom. The Kier molecular flexibility index (Phi) is 7.06. The minimum atomic E-state index is -0.764. The van der Waals surface area contributed by atoms with Crippen LogP contribution in [0, 0.1) is 12.8 Å². The maximum atomic E-state index is 11.9. The summed E-state index contributed by atoms with van der Waals surface area (Å²) in [5.41, 5.74) is 7.81. The maximum Gasteiger partial charge on any atom is 0.310 e. The van der Waals surface area contributed by atoms with Crippen molar-refractivity contribution >= 4 is 11.5 Å². The average molecular weight is 369 g/mol. The number of allylic oxidation sites excluding steroid dienone is 5. The molecule has 1 atom stereocenters. The molecule has 3 heteroatoms. The van der Waals surface area contributed by atoms with E-state index in [0.717, 1.165) is 47.5 Å². The van der Waals surface area contributed by atoms with E-state index in [1.54, 1.807) is 0 Å². The van der Waals surface area contributed by atoms with Gasteiger partial charge in [0.25, 0.3) is 0 Å². The van der Waals surface area contributed by atoms with Crippen LogP contribution in [0.2, 0.25) is 0 Å². The van der Waals surface area contributed by atoms with Crippen LogP contribution < -0.4 is 4.74 Å². The molecule has 1 aliphatic rings. The monoisotopic (exact) mass is 368 g/mol. The highest BCUT2D eigenvalue weighted by atomic mass is 16.5. The molecule has 0 aromatic heterocycles. The quantitative estimate of drug-likeness (QED) is 0.616. The first-order valence-electron chi connectivity index (χ1n) is 9.83. The van der Waals surface area contributed by atoms with E-state index in [4.69, 9.17) is 4.74 Å². The number of hydrogen-bond acceptors (Lipinski definition) is 2. The van der Waals surface area contributed by atoms with E-state index in [1.165, 1.54) is 16.7 Å². The number of carbonyl (C=O) groups is 1. The third kappa shape index (κ3) is 4.35. The summed E-state index contributed by atoms with van der Waals surface area (Å²) in [5.74, 6) is -0.291. The lowest BCUT2D eigenvalue weighted by Gasteiger charge is -2.25. The molecular weight excluding hydrogens is 336 g/mol. The minimum Gasteiger partial charge on any atom is -0.493 e. The van der Waals surface area contributed by atoms with Gasteiger partial charge in [-0.25, -0.2) is 0 Å². The van der Waals surface area contributed by atoms with E-state index in [9.17, 15) is 9.90 Å². The average Bonchev–Trinajstić information content (AvgIpc) is 2.63. The van der Waals surface area contributed by atoms with Gasteiger partial charge < -0.3 is 9.84 Å². The first-order chi connectivity index (χ1) is 12.8. The largest absolute Gasteiger partial charge is 0.493 e. The van der Waals surface area contributed by atoms with Crippen LogP contribution in [0.5, 0.6) is 5.75 Å². The molecule has 2 rings (SSSR count). The summed E-state index contributed by atoms with van der Waals surface area (Å²) in [7, 11) is 0. The molecule has 1 N–H and O–H groups in total. The Morgan fingerprint density at radius 3 is 2.56 bits per heavy atom.